The molecule has 0 atom stereocenters. The van der Waals surface area contributed by atoms with Gasteiger partial charge in [0.15, 0.2) is 17.1 Å². The Bertz CT molecular complexity index is 1330. The Morgan fingerprint density at radius 2 is 1.82 bits per heavy atom. The molecule has 0 aliphatic carbocycles. The highest BCUT2D eigenvalue weighted by Crippen LogP contribution is 2.36. The average molecular weight is 465 g/mol. The highest BCUT2D eigenvalue weighted by atomic mass is 35.5. The van der Waals surface area contributed by atoms with Crippen LogP contribution in [0.5, 0.6) is 11.5 Å². The second-order valence-electron chi connectivity index (χ2n) is 7.45. The summed E-state index contributed by atoms with van der Waals surface area (Å²) < 4.78 is 13.2. The number of aryl methyl sites for hydroxylation is 2. The quantitative estimate of drug-likeness (QED) is 0.378. The number of anilines is 1. The lowest BCUT2D eigenvalue weighted by atomic mass is 10.1. The molecule has 2 aromatic heterocycles. The van der Waals surface area contributed by atoms with Gasteiger partial charge in [0.25, 0.3) is 5.91 Å². The molecular formula is C25H25ClN4O3. The highest BCUT2D eigenvalue weighted by Gasteiger charge is 2.20. The number of ether oxygens (including phenoxy) is 2. The van der Waals surface area contributed by atoms with Crippen LogP contribution < -0.4 is 14.8 Å². The summed E-state index contributed by atoms with van der Waals surface area (Å²) in [6.07, 6.45) is 1.58. The van der Waals surface area contributed by atoms with Crippen LogP contribution in [-0.4, -0.2) is 33.7 Å². The summed E-state index contributed by atoms with van der Waals surface area (Å²) in [5.41, 5.74) is 4.98. The van der Waals surface area contributed by atoms with Crippen LogP contribution >= 0.6 is 11.6 Å². The van der Waals surface area contributed by atoms with Crippen LogP contribution in [0.15, 0.2) is 48.7 Å². The largest absolute Gasteiger partial charge is 0.490 e. The zero-order valence-electron chi connectivity index (χ0n) is 19.0. The Balaban J connectivity index is 1.74. The Hall–Kier alpha value is -3.58. The second kappa shape index (κ2) is 9.50. The van der Waals surface area contributed by atoms with E-state index in [2.05, 4.69) is 15.4 Å². The van der Waals surface area contributed by atoms with Crippen LogP contribution in [0.25, 0.3) is 16.8 Å². The molecule has 1 amide bonds. The van der Waals surface area contributed by atoms with Gasteiger partial charge in [0.2, 0.25) is 0 Å². The van der Waals surface area contributed by atoms with Crippen LogP contribution in [0.1, 0.15) is 35.6 Å². The summed E-state index contributed by atoms with van der Waals surface area (Å²) in [4.78, 5) is 17.5. The van der Waals surface area contributed by atoms with Crippen LogP contribution in [0.3, 0.4) is 0 Å². The molecule has 2 aromatic carbocycles. The number of halogens is 1. The second-order valence-corrected chi connectivity index (χ2v) is 7.88. The predicted molar refractivity (Wildman–Crippen MR) is 130 cm³/mol. The Labute approximate surface area is 197 Å². The van der Waals surface area contributed by atoms with E-state index in [9.17, 15) is 4.79 Å². The van der Waals surface area contributed by atoms with Crippen molar-refractivity contribution in [2.45, 2.75) is 27.7 Å². The van der Waals surface area contributed by atoms with E-state index in [1.165, 1.54) is 0 Å². The first-order chi connectivity index (χ1) is 15.9. The normalized spacial score (nSPS) is 10.9. The molecule has 33 heavy (non-hydrogen) atoms. The predicted octanol–water partition coefficient (Wildman–Crippen LogP) is 5.72. The lowest BCUT2D eigenvalue weighted by molar-refractivity contribution is 0.102. The lowest BCUT2D eigenvalue weighted by Crippen LogP contribution is -2.16. The van der Waals surface area contributed by atoms with Crippen LogP contribution in [0, 0.1) is 13.8 Å². The number of carbonyl (C=O) groups is 1. The minimum Gasteiger partial charge on any atom is -0.490 e. The molecule has 0 saturated carbocycles. The van der Waals surface area contributed by atoms with Crippen molar-refractivity contribution in [3.8, 4) is 22.6 Å². The van der Waals surface area contributed by atoms with Crippen molar-refractivity contribution in [3.63, 3.8) is 0 Å². The highest BCUT2D eigenvalue weighted by molar-refractivity contribution is 6.31. The van der Waals surface area contributed by atoms with Gasteiger partial charge < -0.3 is 14.8 Å². The van der Waals surface area contributed by atoms with E-state index >= 15 is 0 Å². The molecule has 0 aliphatic heterocycles. The lowest BCUT2D eigenvalue weighted by Gasteiger charge is -2.12. The number of nitrogens with zero attached hydrogens (tertiary/aromatic N) is 3. The van der Waals surface area contributed by atoms with Crippen LogP contribution in [0.4, 0.5) is 5.69 Å². The van der Waals surface area contributed by atoms with Gasteiger partial charge in [-0.2, -0.15) is 5.10 Å². The van der Waals surface area contributed by atoms with E-state index in [1.807, 2.05) is 45.9 Å². The van der Waals surface area contributed by atoms with Crippen molar-refractivity contribution >= 4 is 28.8 Å². The van der Waals surface area contributed by atoms with Crippen LogP contribution in [0.2, 0.25) is 5.02 Å². The van der Waals surface area contributed by atoms with Crippen molar-refractivity contribution in [2.24, 2.45) is 0 Å². The van der Waals surface area contributed by atoms with Gasteiger partial charge in [-0.3, -0.25) is 4.79 Å². The number of amides is 1. The third-order valence-corrected chi connectivity index (χ3v) is 5.45. The van der Waals surface area contributed by atoms with Gasteiger partial charge in [-0.25, -0.2) is 9.50 Å². The van der Waals surface area contributed by atoms with E-state index in [4.69, 9.17) is 21.1 Å². The molecular weight excluding hydrogens is 440 g/mol. The Morgan fingerprint density at radius 3 is 2.55 bits per heavy atom. The van der Waals surface area contributed by atoms with E-state index < -0.39 is 0 Å². The van der Waals surface area contributed by atoms with Crippen molar-refractivity contribution in [3.05, 3.63) is 70.6 Å². The maximum absolute atomic E-state index is 12.9. The van der Waals surface area contributed by atoms with Gasteiger partial charge in [-0.05, 0) is 63.6 Å². The molecule has 2 heterocycles. The molecule has 4 rings (SSSR count). The number of benzene rings is 2. The van der Waals surface area contributed by atoms with Gasteiger partial charge in [-0.15, -0.1) is 0 Å². The Kier molecular flexibility index (Phi) is 6.51. The summed E-state index contributed by atoms with van der Waals surface area (Å²) >= 11 is 6.03. The number of rotatable bonds is 7. The fourth-order valence-electron chi connectivity index (χ4n) is 3.73. The smallest absolute Gasteiger partial charge is 0.259 e. The van der Waals surface area contributed by atoms with Gasteiger partial charge >= 0.3 is 0 Å². The first-order valence-corrected chi connectivity index (χ1v) is 11.1. The summed E-state index contributed by atoms with van der Waals surface area (Å²) in [6.45, 7) is 8.72. The molecule has 0 unspecified atom stereocenters. The molecule has 1 N–H and O–H groups in total. The van der Waals surface area contributed by atoms with Crippen molar-refractivity contribution in [1.29, 1.82) is 0 Å². The minimum absolute atomic E-state index is 0.279. The fraction of sp³-hybridized carbons (Fsp3) is 0.240. The average Bonchev–Trinajstić information content (AvgIpc) is 3.12. The van der Waals surface area contributed by atoms with E-state index in [-0.39, 0.29) is 5.91 Å². The molecule has 0 aliphatic rings. The van der Waals surface area contributed by atoms with Crippen molar-refractivity contribution in [1.82, 2.24) is 14.6 Å². The molecule has 0 spiro atoms. The minimum atomic E-state index is -0.279. The maximum Gasteiger partial charge on any atom is 0.259 e. The SMILES string of the molecule is CCOc1ccc(-c2c(C)nn3c(C)c(C(=O)Nc4cccc(Cl)c4)cnc23)cc1OCC. The number of hydrogen-bond donors (Lipinski definition) is 1. The first-order valence-electron chi connectivity index (χ1n) is 10.7. The summed E-state index contributed by atoms with van der Waals surface area (Å²) in [6, 6.07) is 12.8. The zero-order chi connectivity index (χ0) is 23.5. The summed E-state index contributed by atoms with van der Waals surface area (Å²) in [5, 5.41) is 8.08. The van der Waals surface area contributed by atoms with Crippen LogP contribution in [-0.2, 0) is 0 Å². The molecule has 7 nitrogen and oxygen atoms in total. The van der Waals surface area contributed by atoms with E-state index in [0.717, 1.165) is 16.8 Å². The summed E-state index contributed by atoms with van der Waals surface area (Å²) in [5.74, 6) is 1.09. The number of carbonyl (C=O) groups excluding carboxylic acids is 1. The fourth-order valence-corrected chi connectivity index (χ4v) is 3.92. The van der Waals surface area contributed by atoms with Crippen molar-refractivity contribution < 1.29 is 14.3 Å². The van der Waals surface area contributed by atoms with Crippen molar-refractivity contribution in [2.75, 3.05) is 18.5 Å². The molecule has 170 valence electrons. The van der Waals surface area contributed by atoms with Gasteiger partial charge in [0.05, 0.1) is 30.2 Å². The monoisotopic (exact) mass is 464 g/mol. The number of fused-ring (bicyclic) bond motifs is 1. The molecule has 8 heteroatoms. The first kappa shape index (κ1) is 22.6. The third-order valence-electron chi connectivity index (χ3n) is 5.22. The standard InChI is InChI=1S/C25H25ClN4O3/c1-5-32-21-11-10-17(12-22(21)33-6-2)23-15(3)29-30-16(4)20(14-27-24(23)30)25(31)28-19-9-7-8-18(26)13-19/h7-14H,5-6H2,1-4H3,(H,28,31). The molecule has 0 saturated heterocycles. The molecule has 0 fully saturated rings. The van der Waals surface area contributed by atoms with E-state index in [1.54, 1.807) is 35.0 Å². The van der Waals surface area contributed by atoms with Gasteiger partial charge in [0.1, 0.15) is 0 Å². The summed E-state index contributed by atoms with van der Waals surface area (Å²) in [7, 11) is 0. The topological polar surface area (TPSA) is 77.8 Å². The van der Waals surface area contributed by atoms with Gasteiger partial charge in [-0.1, -0.05) is 23.7 Å². The maximum atomic E-state index is 12.9. The molecule has 0 bridgehead atoms. The number of hydrogen-bond acceptors (Lipinski definition) is 5. The Morgan fingerprint density at radius 1 is 1.06 bits per heavy atom. The molecule has 0 radical (unpaired) electrons. The van der Waals surface area contributed by atoms with Gasteiger partial charge in [0, 0.05) is 22.5 Å². The number of aromatic nitrogens is 3. The zero-order valence-corrected chi connectivity index (χ0v) is 19.7. The molecule has 4 aromatic rings. The van der Waals surface area contributed by atoms with E-state index in [0.29, 0.717) is 52.3 Å². The number of nitrogens with one attached hydrogen (secondary N) is 1. The third kappa shape index (κ3) is 4.50.